The number of halogens is 4. The second-order valence-electron chi connectivity index (χ2n) is 7.00. The summed E-state index contributed by atoms with van der Waals surface area (Å²) < 4.78 is 39.0. The van der Waals surface area contributed by atoms with E-state index in [1.165, 1.54) is 24.3 Å². The smallest absolute Gasteiger partial charge is 0.367 e. The molecule has 1 aliphatic heterocycles. The van der Waals surface area contributed by atoms with E-state index < -0.39 is 17.6 Å². The highest BCUT2D eigenvalue weighted by Crippen LogP contribution is 2.35. The zero-order valence-corrected chi connectivity index (χ0v) is 17.3. The molecule has 0 radical (unpaired) electrons. The highest BCUT2D eigenvalue weighted by atomic mass is 35.5. The molecule has 2 aromatic rings. The molecule has 3 rings (SSSR count). The lowest BCUT2D eigenvalue weighted by atomic mass is 10.1. The number of amides is 1. The van der Waals surface area contributed by atoms with Crippen LogP contribution in [0, 0.1) is 0 Å². The average molecular weight is 438 g/mol. The Hall–Kier alpha value is -2.51. The van der Waals surface area contributed by atoms with Crippen molar-refractivity contribution in [2.24, 2.45) is 0 Å². The predicted octanol–water partition coefficient (Wildman–Crippen LogP) is 5.15. The van der Waals surface area contributed by atoms with Gasteiger partial charge in [-0.2, -0.15) is 13.2 Å². The Balaban J connectivity index is 1.70. The summed E-state index contributed by atoms with van der Waals surface area (Å²) in [5, 5.41) is 2.46. The van der Waals surface area contributed by atoms with Gasteiger partial charge in [-0.1, -0.05) is 36.7 Å². The van der Waals surface area contributed by atoms with E-state index in [0.717, 1.165) is 44.5 Å². The SMILES string of the molecule is CCN1CCN(c2ccccc2NC(=O)/C=C/c2ccc(Cl)c(C(F)(F)F)c2)CC1. The summed E-state index contributed by atoms with van der Waals surface area (Å²) >= 11 is 5.63. The minimum absolute atomic E-state index is 0.242. The van der Waals surface area contributed by atoms with Gasteiger partial charge in [0.05, 0.1) is 22.0 Å². The lowest BCUT2D eigenvalue weighted by molar-refractivity contribution is -0.137. The summed E-state index contributed by atoms with van der Waals surface area (Å²) in [6, 6.07) is 11.1. The fourth-order valence-corrected chi connectivity index (χ4v) is 3.59. The highest BCUT2D eigenvalue weighted by molar-refractivity contribution is 6.31. The Morgan fingerprint density at radius 1 is 1.13 bits per heavy atom. The van der Waals surface area contributed by atoms with Gasteiger partial charge in [-0.3, -0.25) is 4.79 Å². The van der Waals surface area contributed by atoms with Crippen LogP contribution in [0.25, 0.3) is 6.08 Å². The fraction of sp³-hybridized carbons (Fsp3) is 0.318. The van der Waals surface area contributed by atoms with E-state index in [0.29, 0.717) is 5.69 Å². The molecule has 1 amide bonds. The van der Waals surface area contributed by atoms with Crippen molar-refractivity contribution >= 4 is 35.0 Å². The molecule has 1 aliphatic rings. The Labute approximate surface area is 178 Å². The first-order chi connectivity index (χ1) is 14.3. The summed E-state index contributed by atoms with van der Waals surface area (Å²) in [6.45, 7) is 6.78. The number of nitrogens with one attached hydrogen (secondary N) is 1. The summed E-state index contributed by atoms with van der Waals surface area (Å²) in [4.78, 5) is 17.0. The van der Waals surface area contributed by atoms with Crippen LogP contribution >= 0.6 is 11.6 Å². The van der Waals surface area contributed by atoms with Gasteiger partial charge >= 0.3 is 6.18 Å². The third-order valence-corrected chi connectivity index (χ3v) is 5.37. The molecule has 0 aliphatic carbocycles. The molecule has 4 nitrogen and oxygen atoms in total. The van der Waals surface area contributed by atoms with Crippen molar-refractivity contribution < 1.29 is 18.0 Å². The van der Waals surface area contributed by atoms with Crippen molar-refractivity contribution in [3.63, 3.8) is 0 Å². The number of likely N-dealkylation sites (N-methyl/N-ethyl adjacent to an activating group) is 1. The lowest BCUT2D eigenvalue weighted by Crippen LogP contribution is -2.46. The molecule has 0 bridgehead atoms. The van der Waals surface area contributed by atoms with Crippen LogP contribution in [-0.2, 0) is 11.0 Å². The third kappa shape index (κ3) is 5.55. The van der Waals surface area contributed by atoms with Crippen LogP contribution in [0.15, 0.2) is 48.5 Å². The van der Waals surface area contributed by atoms with Gasteiger partial charge in [0.2, 0.25) is 5.91 Å². The first-order valence-corrected chi connectivity index (χ1v) is 10.1. The first kappa shape index (κ1) is 22.2. The van der Waals surface area contributed by atoms with E-state index in [-0.39, 0.29) is 10.6 Å². The molecule has 0 aromatic heterocycles. The van der Waals surface area contributed by atoms with Gasteiger partial charge in [0.15, 0.2) is 0 Å². The number of para-hydroxylation sites is 2. The van der Waals surface area contributed by atoms with E-state index >= 15 is 0 Å². The molecule has 1 N–H and O–H groups in total. The fourth-order valence-electron chi connectivity index (χ4n) is 3.37. The number of nitrogens with zero attached hydrogens (tertiary/aromatic N) is 2. The molecule has 160 valence electrons. The summed E-state index contributed by atoms with van der Waals surface area (Å²) in [7, 11) is 0. The molecule has 0 unspecified atom stereocenters. The summed E-state index contributed by atoms with van der Waals surface area (Å²) in [6.07, 6.45) is -2.00. The largest absolute Gasteiger partial charge is 0.417 e. The van der Waals surface area contributed by atoms with Gasteiger partial charge < -0.3 is 15.1 Å². The predicted molar refractivity (Wildman–Crippen MR) is 115 cm³/mol. The van der Waals surface area contributed by atoms with Crippen LogP contribution in [-0.4, -0.2) is 43.5 Å². The van der Waals surface area contributed by atoms with Crippen LogP contribution in [0.5, 0.6) is 0 Å². The van der Waals surface area contributed by atoms with Crippen molar-refractivity contribution in [2.45, 2.75) is 13.1 Å². The molecule has 0 saturated carbocycles. The molecule has 1 fully saturated rings. The second kappa shape index (κ2) is 9.53. The molecule has 1 saturated heterocycles. The Kier molecular flexibility index (Phi) is 7.05. The number of piperazine rings is 1. The van der Waals surface area contributed by atoms with Gasteiger partial charge in [-0.25, -0.2) is 0 Å². The lowest BCUT2D eigenvalue weighted by Gasteiger charge is -2.36. The Bertz CT molecular complexity index is 922. The second-order valence-corrected chi connectivity index (χ2v) is 7.41. The molecule has 2 aromatic carbocycles. The quantitative estimate of drug-likeness (QED) is 0.657. The summed E-state index contributed by atoms with van der Waals surface area (Å²) in [5.74, 6) is -0.418. The number of carbonyl (C=O) groups is 1. The van der Waals surface area contributed by atoms with Gasteiger partial charge in [0.1, 0.15) is 0 Å². The molecule has 0 atom stereocenters. The average Bonchev–Trinajstić information content (AvgIpc) is 2.73. The topological polar surface area (TPSA) is 35.6 Å². The zero-order chi connectivity index (χ0) is 21.7. The van der Waals surface area contributed by atoms with E-state index in [1.807, 2.05) is 24.3 Å². The number of alkyl halides is 3. The van der Waals surface area contributed by atoms with Gasteiger partial charge in [-0.05, 0) is 42.4 Å². The van der Waals surface area contributed by atoms with Crippen molar-refractivity contribution in [2.75, 3.05) is 42.9 Å². The van der Waals surface area contributed by atoms with Crippen LogP contribution in [0.1, 0.15) is 18.1 Å². The number of benzene rings is 2. The number of carbonyl (C=O) groups excluding carboxylic acids is 1. The maximum absolute atomic E-state index is 13.0. The Morgan fingerprint density at radius 3 is 2.50 bits per heavy atom. The standard InChI is InChI=1S/C22H23ClF3N3O/c1-2-28-11-13-29(14-12-28)20-6-4-3-5-19(20)27-21(30)10-8-16-7-9-18(23)17(15-16)22(24,25)26/h3-10,15H,2,11-14H2,1H3,(H,27,30)/b10-8+. The maximum atomic E-state index is 13.0. The van der Waals surface area contributed by atoms with E-state index in [2.05, 4.69) is 22.0 Å². The van der Waals surface area contributed by atoms with E-state index in [1.54, 1.807) is 0 Å². The van der Waals surface area contributed by atoms with E-state index in [4.69, 9.17) is 11.6 Å². The first-order valence-electron chi connectivity index (χ1n) is 9.70. The van der Waals surface area contributed by atoms with Crippen LogP contribution in [0.2, 0.25) is 5.02 Å². The molecule has 0 spiro atoms. The number of rotatable bonds is 5. The number of hydrogen-bond donors (Lipinski definition) is 1. The molecule has 8 heteroatoms. The molecule has 30 heavy (non-hydrogen) atoms. The highest BCUT2D eigenvalue weighted by Gasteiger charge is 2.33. The molecule has 1 heterocycles. The van der Waals surface area contributed by atoms with Crippen molar-refractivity contribution in [3.8, 4) is 0 Å². The molecular weight excluding hydrogens is 415 g/mol. The van der Waals surface area contributed by atoms with Gasteiger partial charge in [0, 0.05) is 32.3 Å². The van der Waals surface area contributed by atoms with Crippen molar-refractivity contribution in [1.82, 2.24) is 4.90 Å². The monoisotopic (exact) mass is 437 g/mol. The van der Waals surface area contributed by atoms with E-state index in [9.17, 15) is 18.0 Å². The van der Waals surface area contributed by atoms with Gasteiger partial charge in [-0.15, -0.1) is 0 Å². The minimum Gasteiger partial charge on any atom is -0.367 e. The van der Waals surface area contributed by atoms with Gasteiger partial charge in [0.25, 0.3) is 0 Å². The summed E-state index contributed by atoms with van der Waals surface area (Å²) in [5.41, 5.74) is 0.916. The normalized spacial score (nSPS) is 15.6. The van der Waals surface area contributed by atoms with Crippen LogP contribution < -0.4 is 10.2 Å². The Morgan fingerprint density at radius 2 is 1.83 bits per heavy atom. The maximum Gasteiger partial charge on any atom is 0.417 e. The number of anilines is 2. The zero-order valence-electron chi connectivity index (χ0n) is 16.5. The molecular formula is C22H23ClF3N3O. The third-order valence-electron chi connectivity index (χ3n) is 5.05. The van der Waals surface area contributed by atoms with Crippen molar-refractivity contribution in [1.29, 1.82) is 0 Å². The van der Waals surface area contributed by atoms with Crippen molar-refractivity contribution in [3.05, 3.63) is 64.7 Å². The minimum atomic E-state index is -4.55. The van der Waals surface area contributed by atoms with Crippen LogP contribution in [0.3, 0.4) is 0 Å². The van der Waals surface area contributed by atoms with Crippen LogP contribution in [0.4, 0.5) is 24.5 Å². The number of hydrogen-bond acceptors (Lipinski definition) is 3.